The highest BCUT2D eigenvalue weighted by Crippen LogP contribution is 2.33. The number of rotatable bonds is 4. The standard InChI is InChI=1S/C18H23N3O/c1-4-20-11-15(10-16(20)22)21-12-19-17(18(21)13(2)3)14-8-6-5-7-9-14/h5-9,12-13,15H,4,10-11H2,1-3H3/t15-/m1/s1. The van der Waals surface area contributed by atoms with Gasteiger partial charge in [0.15, 0.2) is 0 Å². The van der Waals surface area contributed by atoms with E-state index >= 15 is 0 Å². The molecule has 3 rings (SSSR count). The Morgan fingerprint density at radius 3 is 2.59 bits per heavy atom. The Kier molecular flexibility index (Phi) is 4.01. The molecule has 0 aliphatic carbocycles. The van der Waals surface area contributed by atoms with Gasteiger partial charge in [0.25, 0.3) is 0 Å². The number of benzene rings is 1. The predicted molar refractivity (Wildman–Crippen MR) is 87.7 cm³/mol. The predicted octanol–water partition coefficient (Wildman–Crippen LogP) is 3.47. The molecule has 0 N–H and O–H groups in total. The molecule has 22 heavy (non-hydrogen) atoms. The lowest BCUT2D eigenvalue weighted by atomic mass is 10.0. The second kappa shape index (κ2) is 5.95. The summed E-state index contributed by atoms with van der Waals surface area (Å²) >= 11 is 0. The molecule has 1 fully saturated rings. The van der Waals surface area contributed by atoms with Crippen molar-refractivity contribution >= 4 is 5.91 Å². The molecule has 4 heteroatoms. The molecule has 1 amide bonds. The number of likely N-dealkylation sites (N-methyl/N-ethyl adjacent to an activating group) is 1. The van der Waals surface area contributed by atoms with Crippen molar-refractivity contribution in [1.82, 2.24) is 14.5 Å². The lowest BCUT2D eigenvalue weighted by Gasteiger charge is -2.19. The van der Waals surface area contributed by atoms with Crippen molar-refractivity contribution < 1.29 is 4.79 Å². The van der Waals surface area contributed by atoms with Gasteiger partial charge < -0.3 is 9.47 Å². The fraction of sp³-hybridized carbons (Fsp3) is 0.444. The zero-order chi connectivity index (χ0) is 15.7. The minimum Gasteiger partial charge on any atom is -0.341 e. The van der Waals surface area contributed by atoms with Crippen LogP contribution in [0.15, 0.2) is 36.7 Å². The fourth-order valence-electron chi connectivity index (χ4n) is 3.29. The van der Waals surface area contributed by atoms with E-state index in [9.17, 15) is 4.79 Å². The first kappa shape index (κ1) is 14.8. The molecule has 1 aromatic carbocycles. The normalized spacial score (nSPS) is 18.5. The Bertz CT molecular complexity index is 660. The average Bonchev–Trinajstić information content (AvgIpc) is 3.11. The lowest BCUT2D eigenvalue weighted by Crippen LogP contribution is -2.25. The van der Waals surface area contributed by atoms with E-state index in [2.05, 4.69) is 35.5 Å². The van der Waals surface area contributed by atoms with Crippen molar-refractivity contribution in [2.75, 3.05) is 13.1 Å². The number of imidazole rings is 1. The van der Waals surface area contributed by atoms with Crippen LogP contribution in [-0.2, 0) is 4.79 Å². The summed E-state index contributed by atoms with van der Waals surface area (Å²) in [5.41, 5.74) is 3.40. The van der Waals surface area contributed by atoms with Gasteiger partial charge in [-0.25, -0.2) is 4.98 Å². The van der Waals surface area contributed by atoms with Crippen LogP contribution >= 0.6 is 0 Å². The summed E-state index contributed by atoms with van der Waals surface area (Å²) in [7, 11) is 0. The molecule has 1 aromatic heterocycles. The summed E-state index contributed by atoms with van der Waals surface area (Å²) in [5, 5.41) is 0. The highest BCUT2D eigenvalue weighted by atomic mass is 16.2. The van der Waals surface area contributed by atoms with Crippen LogP contribution in [-0.4, -0.2) is 33.4 Å². The molecule has 0 saturated carbocycles. The summed E-state index contributed by atoms with van der Waals surface area (Å²) in [6.07, 6.45) is 2.49. The van der Waals surface area contributed by atoms with Crippen LogP contribution in [0.5, 0.6) is 0 Å². The monoisotopic (exact) mass is 297 g/mol. The first-order valence-electron chi connectivity index (χ1n) is 8.01. The number of hydrogen-bond acceptors (Lipinski definition) is 2. The molecular weight excluding hydrogens is 274 g/mol. The molecule has 2 heterocycles. The van der Waals surface area contributed by atoms with Crippen LogP contribution in [0.4, 0.5) is 0 Å². The van der Waals surface area contributed by atoms with Crippen LogP contribution < -0.4 is 0 Å². The Balaban J connectivity index is 2.00. The molecule has 1 aliphatic heterocycles. The molecule has 2 aromatic rings. The van der Waals surface area contributed by atoms with Gasteiger partial charge in [0, 0.05) is 30.8 Å². The van der Waals surface area contributed by atoms with Crippen molar-refractivity contribution in [3.63, 3.8) is 0 Å². The van der Waals surface area contributed by atoms with E-state index in [4.69, 9.17) is 0 Å². The van der Waals surface area contributed by atoms with E-state index in [1.807, 2.05) is 36.4 Å². The van der Waals surface area contributed by atoms with E-state index in [0.29, 0.717) is 12.3 Å². The number of amides is 1. The zero-order valence-electron chi connectivity index (χ0n) is 13.5. The summed E-state index contributed by atoms with van der Waals surface area (Å²) in [5.74, 6) is 0.612. The quantitative estimate of drug-likeness (QED) is 0.866. The fourth-order valence-corrected chi connectivity index (χ4v) is 3.29. The molecule has 4 nitrogen and oxygen atoms in total. The van der Waals surface area contributed by atoms with Crippen molar-refractivity contribution in [1.29, 1.82) is 0 Å². The average molecular weight is 297 g/mol. The second-order valence-corrected chi connectivity index (χ2v) is 6.20. The Hall–Kier alpha value is -2.10. The molecule has 0 radical (unpaired) electrons. The van der Waals surface area contributed by atoms with Gasteiger partial charge >= 0.3 is 0 Å². The molecule has 1 aliphatic rings. The number of likely N-dealkylation sites (tertiary alicyclic amines) is 1. The highest BCUT2D eigenvalue weighted by molar-refractivity contribution is 5.79. The van der Waals surface area contributed by atoms with Crippen molar-refractivity contribution in [3.8, 4) is 11.3 Å². The van der Waals surface area contributed by atoms with Gasteiger partial charge in [-0.1, -0.05) is 44.2 Å². The molecule has 0 unspecified atom stereocenters. The van der Waals surface area contributed by atoms with Crippen molar-refractivity contribution in [3.05, 3.63) is 42.4 Å². The first-order valence-corrected chi connectivity index (χ1v) is 8.01. The Morgan fingerprint density at radius 1 is 1.27 bits per heavy atom. The number of hydrogen-bond donors (Lipinski definition) is 0. The van der Waals surface area contributed by atoms with Crippen LogP contribution in [0, 0.1) is 0 Å². The SMILES string of the molecule is CCN1C[C@H](n2cnc(-c3ccccc3)c2C(C)C)CC1=O. The van der Waals surface area contributed by atoms with Gasteiger partial charge in [0.2, 0.25) is 5.91 Å². The van der Waals surface area contributed by atoms with E-state index in [0.717, 1.165) is 24.3 Å². The summed E-state index contributed by atoms with van der Waals surface area (Å²) < 4.78 is 2.22. The van der Waals surface area contributed by atoms with Gasteiger partial charge in [-0.15, -0.1) is 0 Å². The minimum absolute atomic E-state index is 0.204. The maximum absolute atomic E-state index is 12.0. The van der Waals surface area contributed by atoms with Gasteiger partial charge in [0.1, 0.15) is 0 Å². The summed E-state index contributed by atoms with van der Waals surface area (Å²) in [6, 6.07) is 10.5. The van der Waals surface area contributed by atoms with E-state index in [1.165, 1.54) is 5.69 Å². The Labute approximate surface area is 131 Å². The molecular formula is C18H23N3O. The maximum Gasteiger partial charge on any atom is 0.224 e. The van der Waals surface area contributed by atoms with Crippen molar-refractivity contribution in [2.45, 2.75) is 39.2 Å². The van der Waals surface area contributed by atoms with Gasteiger partial charge in [0.05, 0.1) is 18.1 Å². The highest BCUT2D eigenvalue weighted by Gasteiger charge is 2.32. The lowest BCUT2D eigenvalue weighted by molar-refractivity contribution is -0.127. The number of aromatic nitrogens is 2. The smallest absolute Gasteiger partial charge is 0.224 e. The molecule has 1 saturated heterocycles. The molecule has 1 atom stereocenters. The van der Waals surface area contributed by atoms with Gasteiger partial charge in [-0.05, 0) is 12.8 Å². The third-order valence-corrected chi connectivity index (χ3v) is 4.40. The van der Waals surface area contributed by atoms with Crippen LogP contribution in [0.3, 0.4) is 0 Å². The Morgan fingerprint density at radius 2 is 2.00 bits per heavy atom. The number of nitrogens with zero attached hydrogens (tertiary/aromatic N) is 3. The van der Waals surface area contributed by atoms with E-state index in [1.54, 1.807) is 0 Å². The maximum atomic E-state index is 12.0. The van der Waals surface area contributed by atoms with Gasteiger partial charge in [-0.3, -0.25) is 4.79 Å². The minimum atomic E-state index is 0.204. The van der Waals surface area contributed by atoms with Crippen LogP contribution in [0.25, 0.3) is 11.3 Å². The van der Waals surface area contributed by atoms with Crippen LogP contribution in [0.1, 0.15) is 44.8 Å². The number of carbonyl (C=O) groups excluding carboxylic acids is 1. The first-order chi connectivity index (χ1) is 10.6. The second-order valence-electron chi connectivity index (χ2n) is 6.20. The van der Waals surface area contributed by atoms with E-state index in [-0.39, 0.29) is 11.9 Å². The zero-order valence-corrected chi connectivity index (χ0v) is 13.5. The topological polar surface area (TPSA) is 38.1 Å². The summed E-state index contributed by atoms with van der Waals surface area (Å²) in [4.78, 5) is 18.6. The van der Waals surface area contributed by atoms with E-state index < -0.39 is 0 Å². The third kappa shape index (κ3) is 2.54. The summed E-state index contributed by atoms with van der Waals surface area (Å²) in [6.45, 7) is 7.99. The molecule has 0 spiro atoms. The van der Waals surface area contributed by atoms with Crippen LogP contribution in [0.2, 0.25) is 0 Å². The van der Waals surface area contributed by atoms with Gasteiger partial charge in [-0.2, -0.15) is 0 Å². The molecule has 0 bridgehead atoms. The van der Waals surface area contributed by atoms with Crippen molar-refractivity contribution in [2.24, 2.45) is 0 Å². The number of carbonyl (C=O) groups is 1. The largest absolute Gasteiger partial charge is 0.341 e. The third-order valence-electron chi connectivity index (χ3n) is 4.40. The molecule has 116 valence electrons.